The fourth-order valence-corrected chi connectivity index (χ4v) is 2.44. The molecule has 1 atom stereocenters. The molecule has 0 fully saturated rings. The van der Waals surface area contributed by atoms with Crippen LogP contribution in [0.1, 0.15) is 23.7 Å². The second-order valence-corrected chi connectivity index (χ2v) is 5.90. The third-order valence-corrected chi connectivity index (χ3v) is 3.73. The van der Waals surface area contributed by atoms with Gasteiger partial charge in [-0.1, -0.05) is 11.6 Å². The highest BCUT2D eigenvalue weighted by molar-refractivity contribution is 7.98. The molecule has 1 aromatic carbocycles. The molecule has 0 aliphatic carbocycles. The molecule has 21 heavy (non-hydrogen) atoms. The number of amides is 2. The minimum atomic E-state index is -0.368. The number of nitrogens with one attached hydrogen (secondary N) is 2. The number of aliphatic hydroxyl groups is 1. The lowest BCUT2D eigenvalue weighted by Crippen LogP contribution is -2.38. The van der Waals surface area contributed by atoms with Gasteiger partial charge in [-0.25, -0.2) is 0 Å². The van der Waals surface area contributed by atoms with E-state index >= 15 is 0 Å². The van der Waals surface area contributed by atoms with E-state index in [-0.39, 0.29) is 30.0 Å². The molecular weight excluding hydrogens is 312 g/mol. The maximum atomic E-state index is 12.2. The van der Waals surface area contributed by atoms with Crippen LogP contribution in [0.2, 0.25) is 5.02 Å². The summed E-state index contributed by atoms with van der Waals surface area (Å²) < 4.78 is 0. The van der Waals surface area contributed by atoms with Gasteiger partial charge < -0.3 is 15.7 Å². The highest BCUT2D eigenvalue weighted by Crippen LogP contribution is 2.21. The van der Waals surface area contributed by atoms with Gasteiger partial charge >= 0.3 is 0 Å². The molecule has 7 heteroatoms. The minimum absolute atomic E-state index is 0.130. The van der Waals surface area contributed by atoms with Crippen LogP contribution in [-0.2, 0) is 4.79 Å². The van der Waals surface area contributed by atoms with E-state index in [4.69, 9.17) is 11.6 Å². The molecule has 0 saturated heterocycles. The largest absolute Gasteiger partial charge is 0.394 e. The summed E-state index contributed by atoms with van der Waals surface area (Å²) in [4.78, 5) is 23.3. The number of anilines is 1. The van der Waals surface area contributed by atoms with Crippen molar-refractivity contribution in [1.29, 1.82) is 0 Å². The van der Waals surface area contributed by atoms with Gasteiger partial charge in [0.15, 0.2) is 0 Å². The Morgan fingerprint density at radius 3 is 2.71 bits per heavy atom. The molecule has 5 nitrogen and oxygen atoms in total. The van der Waals surface area contributed by atoms with Gasteiger partial charge in [0.1, 0.15) is 0 Å². The van der Waals surface area contributed by atoms with Crippen LogP contribution >= 0.6 is 23.4 Å². The van der Waals surface area contributed by atoms with Crippen molar-refractivity contribution < 1.29 is 14.7 Å². The van der Waals surface area contributed by atoms with Gasteiger partial charge in [0.2, 0.25) is 5.91 Å². The van der Waals surface area contributed by atoms with Crippen molar-refractivity contribution in [3.8, 4) is 0 Å². The monoisotopic (exact) mass is 330 g/mol. The van der Waals surface area contributed by atoms with Crippen LogP contribution < -0.4 is 10.6 Å². The summed E-state index contributed by atoms with van der Waals surface area (Å²) in [6, 6.07) is 4.38. The molecule has 0 aromatic heterocycles. The van der Waals surface area contributed by atoms with Gasteiger partial charge in [-0.2, -0.15) is 11.8 Å². The van der Waals surface area contributed by atoms with Crippen LogP contribution in [0.3, 0.4) is 0 Å². The van der Waals surface area contributed by atoms with E-state index in [1.54, 1.807) is 23.9 Å². The summed E-state index contributed by atoms with van der Waals surface area (Å²) in [5, 5.41) is 14.9. The van der Waals surface area contributed by atoms with Gasteiger partial charge in [-0.15, -0.1) is 0 Å². The highest BCUT2D eigenvalue weighted by atomic mass is 35.5. The quantitative estimate of drug-likeness (QED) is 0.715. The molecule has 0 radical (unpaired) electrons. The first-order chi connectivity index (χ1) is 9.97. The third-order valence-electron chi connectivity index (χ3n) is 2.76. The van der Waals surface area contributed by atoms with Crippen LogP contribution in [0.4, 0.5) is 5.69 Å². The molecule has 2 amide bonds. The van der Waals surface area contributed by atoms with Crippen LogP contribution in [-0.4, -0.2) is 41.6 Å². The fraction of sp³-hybridized carbons (Fsp3) is 0.429. The Balaban J connectivity index is 2.82. The van der Waals surface area contributed by atoms with Crippen LogP contribution in [0.25, 0.3) is 0 Å². The van der Waals surface area contributed by atoms with Crippen molar-refractivity contribution in [3.63, 3.8) is 0 Å². The molecular formula is C14H19ClN2O3S. The van der Waals surface area contributed by atoms with E-state index in [1.807, 2.05) is 6.26 Å². The smallest absolute Gasteiger partial charge is 0.253 e. The summed E-state index contributed by atoms with van der Waals surface area (Å²) >= 11 is 7.66. The molecule has 0 aliphatic heterocycles. The van der Waals surface area contributed by atoms with Crippen LogP contribution in [0.5, 0.6) is 0 Å². The van der Waals surface area contributed by atoms with E-state index in [0.29, 0.717) is 17.1 Å². The molecule has 0 bridgehead atoms. The maximum absolute atomic E-state index is 12.2. The van der Waals surface area contributed by atoms with E-state index in [9.17, 15) is 14.7 Å². The van der Waals surface area contributed by atoms with E-state index in [0.717, 1.165) is 5.75 Å². The third kappa shape index (κ3) is 5.95. The second-order valence-electron chi connectivity index (χ2n) is 4.51. The standard InChI is InChI=1S/C14H19ClN2O3S/c1-9(19)16-10-3-4-13(15)12(7-10)14(20)17-11(8-18)5-6-21-2/h3-4,7,11,18H,5-6,8H2,1-2H3,(H,16,19)(H,17,20)/t11-/m0/s1. The first kappa shape index (κ1) is 17.8. The second kappa shape index (κ2) is 8.92. The van der Waals surface area contributed by atoms with Crippen molar-refractivity contribution in [2.24, 2.45) is 0 Å². The van der Waals surface area contributed by atoms with E-state index in [1.165, 1.54) is 13.0 Å². The van der Waals surface area contributed by atoms with Gasteiger partial charge in [-0.3, -0.25) is 9.59 Å². The number of hydrogen-bond acceptors (Lipinski definition) is 4. The Labute approximate surface area is 133 Å². The van der Waals surface area contributed by atoms with Crippen LogP contribution in [0.15, 0.2) is 18.2 Å². The molecule has 116 valence electrons. The first-order valence-corrected chi connectivity index (χ1v) is 8.23. The zero-order chi connectivity index (χ0) is 15.8. The van der Waals surface area contributed by atoms with E-state index in [2.05, 4.69) is 10.6 Å². The van der Waals surface area contributed by atoms with Crippen molar-refractivity contribution in [2.75, 3.05) is 23.9 Å². The summed E-state index contributed by atoms with van der Waals surface area (Å²) in [7, 11) is 0. The lowest BCUT2D eigenvalue weighted by molar-refractivity contribution is -0.114. The number of thioether (sulfide) groups is 1. The molecule has 0 aliphatic rings. The van der Waals surface area contributed by atoms with Crippen molar-refractivity contribution in [2.45, 2.75) is 19.4 Å². The van der Waals surface area contributed by atoms with Gasteiger partial charge in [0, 0.05) is 12.6 Å². The number of benzene rings is 1. The zero-order valence-corrected chi connectivity index (χ0v) is 13.6. The molecule has 1 rings (SSSR count). The zero-order valence-electron chi connectivity index (χ0n) is 12.0. The maximum Gasteiger partial charge on any atom is 0.253 e. The summed E-state index contributed by atoms with van der Waals surface area (Å²) in [5.41, 5.74) is 0.771. The van der Waals surface area contributed by atoms with Gasteiger partial charge in [0.05, 0.1) is 23.2 Å². The Hall–Kier alpha value is -1.24. The Morgan fingerprint density at radius 1 is 1.43 bits per heavy atom. The topological polar surface area (TPSA) is 78.4 Å². The number of carbonyl (C=O) groups excluding carboxylic acids is 2. The highest BCUT2D eigenvalue weighted by Gasteiger charge is 2.16. The summed E-state index contributed by atoms with van der Waals surface area (Å²) in [6.07, 6.45) is 2.64. The minimum Gasteiger partial charge on any atom is -0.394 e. The predicted molar refractivity (Wildman–Crippen MR) is 87.1 cm³/mol. The number of carbonyl (C=O) groups is 2. The number of halogens is 1. The molecule has 0 unspecified atom stereocenters. The number of hydrogen-bond donors (Lipinski definition) is 3. The fourth-order valence-electron chi connectivity index (χ4n) is 1.71. The van der Waals surface area contributed by atoms with E-state index < -0.39 is 0 Å². The SMILES string of the molecule is CSCC[C@@H](CO)NC(=O)c1cc(NC(C)=O)ccc1Cl. The van der Waals surface area contributed by atoms with Gasteiger partial charge in [0.25, 0.3) is 5.91 Å². The number of rotatable bonds is 7. The Bertz CT molecular complexity index is 511. The normalized spacial score (nSPS) is 11.8. The first-order valence-electron chi connectivity index (χ1n) is 6.45. The summed E-state index contributed by atoms with van der Waals surface area (Å²) in [6.45, 7) is 1.26. The Kier molecular flexibility index (Phi) is 7.56. The molecule has 0 spiro atoms. The molecule has 0 heterocycles. The van der Waals surface area contributed by atoms with Gasteiger partial charge in [-0.05, 0) is 36.6 Å². The van der Waals surface area contributed by atoms with Crippen LogP contribution in [0, 0.1) is 0 Å². The lowest BCUT2D eigenvalue weighted by Gasteiger charge is -2.16. The lowest BCUT2D eigenvalue weighted by atomic mass is 10.1. The average Bonchev–Trinajstić information content (AvgIpc) is 2.44. The Morgan fingerprint density at radius 2 is 2.14 bits per heavy atom. The van der Waals surface area contributed by atoms with Crippen molar-refractivity contribution in [3.05, 3.63) is 28.8 Å². The predicted octanol–water partition coefficient (Wildman–Crippen LogP) is 2.14. The molecule has 1 aromatic rings. The molecule has 3 N–H and O–H groups in total. The summed E-state index contributed by atoms with van der Waals surface area (Å²) in [5.74, 6) is 0.245. The molecule has 0 saturated carbocycles. The van der Waals surface area contributed by atoms with Crippen molar-refractivity contribution >= 4 is 40.9 Å². The van der Waals surface area contributed by atoms with Crippen molar-refractivity contribution in [1.82, 2.24) is 5.32 Å². The average molecular weight is 331 g/mol. The number of aliphatic hydroxyl groups excluding tert-OH is 1.